The number of halogens is 1. The lowest BCUT2D eigenvalue weighted by atomic mass is 9.78. The largest absolute Gasteiger partial charge is 0.366 e. The highest BCUT2D eigenvalue weighted by atomic mass is 19.1. The Morgan fingerprint density at radius 1 is 1.08 bits per heavy atom. The molecule has 5 nitrogen and oxygen atoms in total. The SMILES string of the molecule is CC.N#Cc1ccccc1-c1c[nH]cc1C(=O)NCC1CCC(c2ccnc3ccc(F)cc23)CC1. The molecule has 0 saturated heterocycles. The van der Waals surface area contributed by atoms with Gasteiger partial charge in [0, 0.05) is 41.6 Å². The van der Waals surface area contributed by atoms with Crippen molar-refractivity contribution >= 4 is 16.8 Å². The molecule has 5 rings (SSSR count). The smallest absolute Gasteiger partial charge is 0.253 e. The summed E-state index contributed by atoms with van der Waals surface area (Å²) < 4.78 is 13.8. The Hall–Kier alpha value is -3.98. The van der Waals surface area contributed by atoms with Crippen LogP contribution in [0.5, 0.6) is 0 Å². The molecular formula is C30H31FN4O. The summed E-state index contributed by atoms with van der Waals surface area (Å²) in [7, 11) is 0. The number of fused-ring (bicyclic) bond motifs is 1. The van der Waals surface area contributed by atoms with Gasteiger partial charge in [-0.15, -0.1) is 0 Å². The van der Waals surface area contributed by atoms with E-state index < -0.39 is 0 Å². The maximum absolute atomic E-state index is 13.8. The molecule has 2 heterocycles. The quantitative estimate of drug-likeness (QED) is 0.322. The fraction of sp³-hybridized carbons (Fsp3) is 0.300. The minimum absolute atomic E-state index is 0.137. The third-order valence-electron chi connectivity index (χ3n) is 6.90. The van der Waals surface area contributed by atoms with Crippen LogP contribution in [0.15, 0.2) is 67.1 Å². The second-order valence-electron chi connectivity index (χ2n) is 8.93. The Morgan fingerprint density at radius 2 is 1.86 bits per heavy atom. The standard InChI is InChI=1S/C28H25FN4O.C2H6/c29-21-9-10-27-24(13-21)23(11-12-32-27)19-7-5-18(6-8-19)15-33-28(34)26-17-31-16-25(26)22-4-2-1-3-20(22)14-30;1-2/h1-4,9-13,16-19,31H,5-8,15H2,(H,33,34);1-2H3. The summed E-state index contributed by atoms with van der Waals surface area (Å²) in [4.78, 5) is 20.3. The maximum Gasteiger partial charge on any atom is 0.253 e. The van der Waals surface area contributed by atoms with Gasteiger partial charge in [-0.2, -0.15) is 5.26 Å². The first-order valence-corrected chi connectivity index (χ1v) is 12.6. The molecule has 6 heteroatoms. The normalized spacial score (nSPS) is 17.1. The van der Waals surface area contributed by atoms with Gasteiger partial charge in [0.1, 0.15) is 5.82 Å². The molecule has 0 radical (unpaired) electrons. The molecule has 0 spiro atoms. The minimum Gasteiger partial charge on any atom is -0.366 e. The van der Waals surface area contributed by atoms with Crippen LogP contribution in [0.2, 0.25) is 0 Å². The Morgan fingerprint density at radius 3 is 2.64 bits per heavy atom. The molecule has 1 amide bonds. The fourth-order valence-electron chi connectivity index (χ4n) is 5.10. The first-order valence-electron chi connectivity index (χ1n) is 12.6. The van der Waals surface area contributed by atoms with Crippen molar-refractivity contribution in [2.75, 3.05) is 6.54 Å². The number of pyridine rings is 1. The molecule has 0 atom stereocenters. The second-order valence-corrected chi connectivity index (χ2v) is 8.93. The van der Waals surface area contributed by atoms with Crippen LogP contribution in [-0.2, 0) is 0 Å². The van der Waals surface area contributed by atoms with Gasteiger partial charge in [-0.05, 0) is 73.4 Å². The number of nitrogens with zero attached hydrogens (tertiary/aromatic N) is 2. The van der Waals surface area contributed by atoms with E-state index in [1.54, 1.807) is 36.8 Å². The number of hydrogen-bond donors (Lipinski definition) is 2. The van der Waals surface area contributed by atoms with Crippen molar-refractivity contribution in [1.29, 1.82) is 5.26 Å². The second kappa shape index (κ2) is 11.6. The summed E-state index contributed by atoms with van der Waals surface area (Å²) in [5.74, 6) is 0.401. The van der Waals surface area contributed by atoms with E-state index in [9.17, 15) is 14.4 Å². The number of benzene rings is 2. The molecule has 0 aliphatic heterocycles. The predicted molar refractivity (Wildman–Crippen MR) is 141 cm³/mol. The number of H-pyrrole nitrogens is 1. The lowest BCUT2D eigenvalue weighted by Gasteiger charge is -2.29. The van der Waals surface area contributed by atoms with Gasteiger partial charge in [0.05, 0.1) is 22.7 Å². The van der Waals surface area contributed by atoms with E-state index in [0.717, 1.165) is 47.7 Å². The number of rotatable bonds is 5. The lowest BCUT2D eigenvalue weighted by molar-refractivity contribution is 0.0943. The minimum atomic E-state index is -0.236. The highest BCUT2D eigenvalue weighted by Crippen LogP contribution is 2.38. The number of aromatic nitrogens is 2. The lowest BCUT2D eigenvalue weighted by Crippen LogP contribution is -2.31. The van der Waals surface area contributed by atoms with Crippen LogP contribution in [0.4, 0.5) is 4.39 Å². The molecule has 1 aliphatic rings. The van der Waals surface area contributed by atoms with Crippen molar-refractivity contribution < 1.29 is 9.18 Å². The molecular weight excluding hydrogens is 451 g/mol. The molecule has 1 fully saturated rings. The zero-order valence-electron chi connectivity index (χ0n) is 20.7. The topological polar surface area (TPSA) is 81.6 Å². The van der Waals surface area contributed by atoms with E-state index in [4.69, 9.17) is 0 Å². The van der Waals surface area contributed by atoms with Gasteiger partial charge >= 0.3 is 0 Å². The summed E-state index contributed by atoms with van der Waals surface area (Å²) in [6, 6.07) is 16.3. The Labute approximate surface area is 211 Å². The third kappa shape index (κ3) is 5.31. The molecule has 1 saturated carbocycles. The van der Waals surface area contributed by atoms with Crippen molar-refractivity contribution in [2.24, 2.45) is 5.92 Å². The van der Waals surface area contributed by atoms with Crippen LogP contribution in [0, 0.1) is 23.1 Å². The summed E-state index contributed by atoms with van der Waals surface area (Å²) >= 11 is 0. The van der Waals surface area contributed by atoms with Crippen molar-refractivity contribution in [3.8, 4) is 17.2 Å². The molecule has 4 aromatic rings. The van der Waals surface area contributed by atoms with E-state index in [1.165, 1.54) is 11.6 Å². The van der Waals surface area contributed by atoms with Crippen LogP contribution >= 0.6 is 0 Å². The predicted octanol–water partition coefficient (Wildman–Crippen LogP) is 6.97. The Balaban J connectivity index is 0.00000148. The van der Waals surface area contributed by atoms with E-state index in [0.29, 0.717) is 29.5 Å². The van der Waals surface area contributed by atoms with Gasteiger partial charge in [0.25, 0.3) is 5.91 Å². The fourth-order valence-corrected chi connectivity index (χ4v) is 5.10. The molecule has 184 valence electrons. The van der Waals surface area contributed by atoms with Gasteiger partial charge in [-0.3, -0.25) is 9.78 Å². The highest BCUT2D eigenvalue weighted by Gasteiger charge is 2.25. The van der Waals surface area contributed by atoms with Gasteiger partial charge in [-0.25, -0.2) is 4.39 Å². The molecule has 1 aliphatic carbocycles. The van der Waals surface area contributed by atoms with Gasteiger partial charge in [-0.1, -0.05) is 32.0 Å². The number of carbonyl (C=O) groups excluding carboxylic acids is 1. The Kier molecular flexibility index (Phi) is 8.12. The average molecular weight is 483 g/mol. The zero-order chi connectivity index (χ0) is 25.5. The first kappa shape index (κ1) is 25.1. The summed E-state index contributed by atoms with van der Waals surface area (Å²) in [6.07, 6.45) is 9.26. The van der Waals surface area contributed by atoms with Crippen molar-refractivity contribution in [3.63, 3.8) is 0 Å². The van der Waals surface area contributed by atoms with Crippen LogP contribution in [-0.4, -0.2) is 22.4 Å². The summed E-state index contributed by atoms with van der Waals surface area (Å²) in [5.41, 5.74) is 4.56. The maximum atomic E-state index is 13.8. The molecule has 0 bridgehead atoms. The van der Waals surface area contributed by atoms with E-state index in [-0.39, 0.29) is 11.7 Å². The number of carbonyl (C=O) groups is 1. The third-order valence-corrected chi connectivity index (χ3v) is 6.90. The van der Waals surface area contributed by atoms with E-state index >= 15 is 0 Å². The number of nitriles is 1. The number of aromatic amines is 1. The molecule has 2 aromatic heterocycles. The average Bonchev–Trinajstić information content (AvgIpc) is 3.43. The van der Waals surface area contributed by atoms with Gasteiger partial charge in [0.2, 0.25) is 0 Å². The number of nitrogens with one attached hydrogen (secondary N) is 2. The van der Waals surface area contributed by atoms with Crippen molar-refractivity contribution in [1.82, 2.24) is 15.3 Å². The van der Waals surface area contributed by atoms with Gasteiger partial charge in [0.15, 0.2) is 0 Å². The molecule has 2 N–H and O–H groups in total. The van der Waals surface area contributed by atoms with Crippen LogP contribution < -0.4 is 5.32 Å². The molecule has 36 heavy (non-hydrogen) atoms. The molecule has 0 unspecified atom stereocenters. The van der Waals surface area contributed by atoms with Crippen LogP contribution in [0.25, 0.3) is 22.0 Å². The van der Waals surface area contributed by atoms with Crippen molar-refractivity contribution in [2.45, 2.75) is 45.4 Å². The zero-order valence-corrected chi connectivity index (χ0v) is 20.7. The van der Waals surface area contributed by atoms with Crippen molar-refractivity contribution in [3.05, 3.63) is 89.6 Å². The Bertz CT molecular complexity index is 1380. The van der Waals surface area contributed by atoms with Crippen LogP contribution in [0.3, 0.4) is 0 Å². The van der Waals surface area contributed by atoms with E-state index in [1.807, 2.05) is 38.1 Å². The highest BCUT2D eigenvalue weighted by molar-refractivity contribution is 6.01. The summed E-state index contributed by atoms with van der Waals surface area (Å²) in [5, 5.41) is 13.4. The number of amides is 1. The number of hydrogen-bond acceptors (Lipinski definition) is 3. The summed E-state index contributed by atoms with van der Waals surface area (Å²) in [6.45, 7) is 4.61. The first-order chi connectivity index (χ1) is 17.6. The van der Waals surface area contributed by atoms with Crippen LogP contribution in [0.1, 0.15) is 66.9 Å². The van der Waals surface area contributed by atoms with Gasteiger partial charge < -0.3 is 10.3 Å². The van der Waals surface area contributed by atoms with E-state index in [2.05, 4.69) is 21.4 Å². The monoisotopic (exact) mass is 482 g/mol. The molecule has 2 aromatic carbocycles.